The zero-order valence-electron chi connectivity index (χ0n) is 13.3. The molecule has 24 heavy (non-hydrogen) atoms. The molecule has 2 heterocycles. The Morgan fingerprint density at radius 3 is 2.42 bits per heavy atom. The van der Waals surface area contributed by atoms with Crippen molar-refractivity contribution in [2.45, 2.75) is 6.92 Å². The number of hydrogen-bond donors (Lipinski definition) is 0. The fraction of sp³-hybridized carbons (Fsp3) is 0.294. The number of hydrogen-bond acceptors (Lipinski definition) is 4. The number of benzene rings is 1. The molecule has 0 bridgehead atoms. The molecule has 0 saturated carbocycles. The number of carbonyl (C=O) groups is 2. The highest BCUT2D eigenvalue weighted by Gasteiger charge is 2.24. The minimum Gasteiger partial charge on any atom is -0.339 e. The summed E-state index contributed by atoms with van der Waals surface area (Å²) in [6, 6.07) is 8.97. The zero-order valence-corrected chi connectivity index (χ0v) is 14.0. The summed E-state index contributed by atoms with van der Waals surface area (Å²) in [5.41, 5.74) is 1.83. The molecule has 0 N–H and O–H groups in total. The minimum absolute atomic E-state index is 0.0346. The van der Waals surface area contributed by atoms with Crippen LogP contribution in [0.4, 0.5) is 0 Å². The van der Waals surface area contributed by atoms with Crippen molar-refractivity contribution in [3.8, 4) is 11.3 Å². The van der Waals surface area contributed by atoms with Gasteiger partial charge in [-0.2, -0.15) is 0 Å². The number of rotatable bonds is 2. The monoisotopic (exact) mass is 344 g/mol. The summed E-state index contributed by atoms with van der Waals surface area (Å²) in [7, 11) is 0. The van der Waals surface area contributed by atoms with Crippen LogP contribution in [0, 0.1) is 0 Å². The third-order valence-corrected chi connectivity index (χ3v) is 4.25. The van der Waals surface area contributed by atoms with E-state index in [9.17, 15) is 9.59 Å². The molecule has 2 aromatic rings. The van der Waals surface area contributed by atoms with E-state index in [0.717, 1.165) is 5.56 Å². The van der Waals surface area contributed by atoms with Gasteiger partial charge in [0.1, 0.15) is 12.0 Å². The quantitative estimate of drug-likeness (QED) is 0.836. The van der Waals surface area contributed by atoms with Gasteiger partial charge in [-0.1, -0.05) is 23.7 Å². The second-order valence-electron chi connectivity index (χ2n) is 5.60. The lowest BCUT2D eigenvalue weighted by atomic mass is 10.1. The Morgan fingerprint density at radius 1 is 1.04 bits per heavy atom. The van der Waals surface area contributed by atoms with E-state index in [4.69, 9.17) is 11.6 Å². The van der Waals surface area contributed by atoms with Crippen molar-refractivity contribution in [2.24, 2.45) is 0 Å². The summed E-state index contributed by atoms with van der Waals surface area (Å²) in [4.78, 5) is 35.8. The van der Waals surface area contributed by atoms with Crippen molar-refractivity contribution in [3.05, 3.63) is 47.4 Å². The minimum atomic E-state index is -0.149. The van der Waals surface area contributed by atoms with E-state index in [1.807, 2.05) is 12.1 Å². The van der Waals surface area contributed by atoms with E-state index >= 15 is 0 Å². The maximum atomic E-state index is 12.6. The molecular formula is C17H17ClN4O2. The lowest BCUT2D eigenvalue weighted by Gasteiger charge is -2.34. The van der Waals surface area contributed by atoms with Crippen molar-refractivity contribution in [1.82, 2.24) is 19.8 Å². The van der Waals surface area contributed by atoms with Crippen molar-refractivity contribution in [2.75, 3.05) is 26.2 Å². The fourth-order valence-corrected chi connectivity index (χ4v) is 2.86. The molecule has 1 aliphatic rings. The SMILES string of the molecule is CC(=O)N1CCN(C(=O)c2cc(-c3cccc(Cl)c3)ncn2)CC1. The number of aromatic nitrogens is 2. The second-order valence-corrected chi connectivity index (χ2v) is 6.03. The molecule has 0 spiro atoms. The van der Waals surface area contributed by atoms with E-state index in [-0.39, 0.29) is 11.8 Å². The van der Waals surface area contributed by atoms with Crippen molar-refractivity contribution < 1.29 is 9.59 Å². The first-order chi connectivity index (χ1) is 11.5. The molecule has 0 unspecified atom stereocenters. The number of piperazine rings is 1. The third-order valence-electron chi connectivity index (χ3n) is 4.02. The largest absolute Gasteiger partial charge is 0.339 e. The van der Waals surface area contributed by atoms with Gasteiger partial charge >= 0.3 is 0 Å². The summed E-state index contributed by atoms with van der Waals surface area (Å²) in [5, 5.41) is 0.611. The van der Waals surface area contributed by atoms with Gasteiger partial charge in [-0.3, -0.25) is 9.59 Å². The fourth-order valence-electron chi connectivity index (χ4n) is 2.67. The van der Waals surface area contributed by atoms with Gasteiger partial charge in [0.25, 0.3) is 5.91 Å². The highest BCUT2D eigenvalue weighted by Crippen LogP contribution is 2.21. The predicted molar refractivity (Wildman–Crippen MR) is 90.6 cm³/mol. The smallest absolute Gasteiger partial charge is 0.272 e. The third kappa shape index (κ3) is 3.54. The molecule has 2 amide bonds. The van der Waals surface area contributed by atoms with Crippen LogP contribution in [0.1, 0.15) is 17.4 Å². The molecule has 7 heteroatoms. The summed E-state index contributed by atoms with van der Waals surface area (Å²) < 4.78 is 0. The summed E-state index contributed by atoms with van der Waals surface area (Å²) in [5.74, 6) is -0.115. The van der Waals surface area contributed by atoms with Crippen LogP contribution in [-0.4, -0.2) is 57.8 Å². The van der Waals surface area contributed by atoms with Gasteiger partial charge in [-0.15, -0.1) is 0 Å². The molecule has 3 rings (SSSR count). The van der Waals surface area contributed by atoms with Crippen LogP contribution in [0.3, 0.4) is 0 Å². The van der Waals surface area contributed by atoms with Gasteiger partial charge in [-0.05, 0) is 18.2 Å². The Morgan fingerprint density at radius 2 is 1.75 bits per heavy atom. The topological polar surface area (TPSA) is 66.4 Å². The Labute approximate surface area is 145 Å². The zero-order chi connectivity index (χ0) is 17.1. The first-order valence-corrected chi connectivity index (χ1v) is 8.05. The normalized spacial score (nSPS) is 14.6. The Hall–Kier alpha value is -2.47. The summed E-state index contributed by atoms with van der Waals surface area (Å²) in [6.07, 6.45) is 1.38. The van der Waals surface area contributed by atoms with Gasteiger partial charge in [0.15, 0.2) is 0 Å². The second kappa shape index (κ2) is 6.97. The van der Waals surface area contributed by atoms with E-state index in [1.54, 1.807) is 34.9 Å². The van der Waals surface area contributed by atoms with Crippen LogP contribution in [0.5, 0.6) is 0 Å². The predicted octanol–water partition coefficient (Wildman–Crippen LogP) is 2.10. The average Bonchev–Trinajstić information content (AvgIpc) is 2.61. The maximum Gasteiger partial charge on any atom is 0.272 e. The van der Waals surface area contributed by atoms with E-state index in [2.05, 4.69) is 9.97 Å². The van der Waals surface area contributed by atoms with E-state index < -0.39 is 0 Å². The van der Waals surface area contributed by atoms with Gasteiger partial charge in [-0.25, -0.2) is 9.97 Å². The van der Waals surface area contributed by atoms with Crippen LogP contribution >= 0.6 is 11.6 Å². The molecule has 0 aliphatic carbocycles. The first-order valence-electron chi connectivity index (χ1n) is 7.67. The van der Waals surface area contributed by atoms with Crippen LogP contribution in [0.2, 0.25) is 5.02 Å². The Kier molecular flexibility index (Phi) is 4.76. The standard InChI is InChI=1S/C17H17ClN4O2/c1-12(23)21-5-7-22(8-6-21)17(24)16-10-15(19-11-20-16)13-3-2-4-14(18)9-13/h2-4,9-11H,5-8H2,1H3. The highest BCUT2D eigenvalue weighted by molar-refractivity contribution is 6.30. The Bertz CT molecular complexity index is 773. The molecule has 0 radical (unpaired) electrons. The van der Waals surface area contributed by atoms with Crippen LogP contribution in [0.15, 0.2) is 36.7 Å². The first kappa shape index (κ1) is 16.4. The van der Waals surface area contributed by atoms with Crippen molar-refractivity contribution in [1.29, 1.82) is 0 Å². The molecule has 1 aromatic heterocycles. The molecule has 124 valence electrons. The Balaban J connectivity index is 1.77. The van der Waals surface area contributed by atoms with Crippen LogP contribution in [0.25, 0.3) is 11.3 Å². The highest BCUT2D eigenvalue weighted by atomic mass is 35.5. The average molecular weight is 345 g/mol. The molecule has 0 atom stereocenters. The molecular weight excluding hydrogens is 328 g/mol. The number of amides is 2. The number of nitrogens with zero attached hydrogens (tertiary/aromatic N) is 4. The van der Waals surface area contributed by atoms with E-state index in [1.165, 1.54) is 6.33 Å². The van der Waals surface area contributed by atoms with Gasteiger partial charge in [0, 0.05) is 43.7 Å². The molecule has 1 fully saturated rings. The van der Waals surface area contributed by atoms with Crippen LogP contribution in [-0.2, 0) is 4.79 Å². The van der Waals surface area contributed by atoms with Gasteiger partial charge in [0.05, 0.1) is 5.69 Å². The lowest BCUT2D eigenvalue weighted by Crippen LogP contribution is -2.50. The summed E-state index contributed by atoms with van der Waals surface area (Å²) >= 11 is 6.01. The number of halogens is 1. The van der Waals surface area contributed by atoms with Gasteiger partial charge in [0.2, 0.25) is 5.91 Å². The lowest BCUT2D eigenvalue weighted by molar-refractivity contribution is -0.130. The van der Waals surface area contributed by atoms with Gasteiger partial charge < -0.3 is 9.80 Å². The van der Waals surface area contributed by atoms with E-state index in [0.29, 0.717) is 42.6 Å². The molecule has 1 aromatic carbocycles. The molecule has 1 saturated heterocycles. The number of carbonyl (C=O) groups excluding carboxylic acids is 2. The molecule has 6 nitrogen and oxygen atoms in total. The molecule has 1 aliphatic heterocycles. The van der Waals surface area contributed by atoms with Crippen LogP contribution < -0.4 is 0 Å². The van der Waals surface area contributed by atoms with Crippen molar-refractivity contribution in [3.63, 3.8) is 0 Å². The summed E-state index contributed by atoms with van der Waals surface area (Å²) in [6.45, 7) is 3.66. The van der Waals surface area contributed by atoms with Crippen molar-refractivity contribution >= 4 is 23.4 Å². The maximum absolute atomic E-state index is 12.6.